The lowest BCUT2D eigenvalue weighted by molar-refractivity contribution is -0.137. The zero-order valence-electron chi connectivity index (χ0n) is 13.9. The number of unbranched alkanes of at least 4 members (excludes halogenated alkanes) is 5. The van der Waals surface area contributed by atoms with Gasteiger partial charge in [-0.2, -0.15) is 10.2 Å². The van der Waals surface area contributed by atoms with Crippen LogP contribution in [0.2, 0.25) is 0 Å². The van der Waals surface area contributed by atoms with E-state index in [1.165, 1.54) is 12.8 Å². The van der Waals surface area contributed by atoms with Crippen LogP contribution in [0.15, 0.2) is 34.5 Å². The summed E-state index contributed by atoms with van der Waals surface area (Å²) in [6.45, 7) is 0. The Labute approximate surface area is 139 Å². The minimum Gasteiger partial charge on any atom is -0.481 e. The van der Waals surface area contributed by atoms with E-state index < -0.39 is 5.97 Å². The van der Waals surface area contributed by atoms with E-state index in [9.17, 15) is 4.79 Å². The number of hydrogen-bond acceptors (Lipinski definition) is 3. The molecule has 4 nitrogen and oxygen atoms in total. The third-order valence-corrected chi connectivity index (χ3v) is 3.85. The highest BCUT2D eigenvalue weighted by molar-refractivity contribution is 5.66. The molecule has 4 heteroatoms. The van der Waals surface area contributed by atoms with Crippen LogP contribution in [0.1, 0.15) is 70.6 Å². The molecule has 23 heavy (non-hydrogen) atoms. The molecule has 1 heterocycles. The predicted molar refractivity (Wildman–Crippen MR) is 93.1 cm³/mol. The molecule has 1 rings (SSSR count). The fourth-order valence-electron chi connectivity index (χ4n) is 2.38. The van der Waals surface area contributed by atoms with Gasteiger partial charge in [0, 0.05) is 12.8 Å². The predicted octanol–water partition coefficient (Wildman–Crippen LogP) is 5.27. The van der Waals surface area contributed by atoms with Gasteiger partial charge >= 0.3 is 5.97 Å². The summed E-state index contributed by atoms with van der Waals surface area (Å²) in [7, 11) is 0. The number of carboxylic acid groups (broad SMARTS) is 1. The summed E-state index contributed by atoms with van der Waals surface area (Å²) in [4.78, 5) is 10.4. The fourth-order valence-corrected chi connectivity index (χ4v) is 2.38. The van der Waals surface area contributed by atoms with Crippen molar-refractivity contribution in [3.8, 4) is 12.3 Å². The van der Waals surface area contributed by atoms with E-state index in [1.807, 2.05) is 0 Å². The van der Waals surface area contributed by atoms with Gasteiger partial charge in [-0.1, -0.05) is 43.6 Å². The molecule has 0 saturated heterocycles. The SMILES string of the molecule is C#CCC1(CC/C=C\C/C=C\CCCCCCCC(=O)O)N=N1. The first-order chi connectivity index (χ1) is 11.2. The number of terminal acetylenes is 1. The number of nitrogens with zero attached hydrogens (tertiary/aromatic N) is 2. The summed E-state index contributed by atoms with van der Waals surface area (Å²) >= 11 is 0. The van der Waals surface area contributed by atoms with Gasteiger partial charge in [0.25, 0.3) is 0 Å². The van der Waals surface area contributed by atoms with Crippen LogP contribution in [-0.2, 0) is 4.79 Å². The Morgan fingerprint density at radius 3 is 2.30 bits per heavy atom. The number of hydrogen-bond donors (Lipinski definition) is 1. The normalized spacial score (nSPS) is 15.3. The Morgan fingerprint density at radius 2 is 1.65 bits per heavy atom. The fraction of sp³-hybridized carbons (Fsp3) is 0.632. The van der Waals surface area contributed by atoms with Gasteiger partial charge in [-0.25, -0.2) is 0 Å². The molecule has 0 aliphatic carbocycles. The van der Waals surface area contributed by atoms with Crippen LogP contribution >= 0.6 is 0 Å². The summed E-state index contributed by atoms with van der Waals surface area (Å²) in [5.74, 6) is 1.94. The van der Waals surface area contributed by atoms with Crippen molar-refractivity contribution in [1.82, 2.24) is 0 Å². The molecule has 0 atom stereocenters. The Balaban J connectivity index is 1.86. The van der Waals surface area contributed by atoms with E-state index in [2.05, 4.69) is 40.5 Å². The van der Waals surface area contributed by atoms with Gasteiger partial charge in [0.2, 0.25) is 5.66 Å². The first kappa shape index (κ1) is 19.2. The molecule has 1 N–H and O–H groups in total. The second-order valence-corrected chi connectivity index (χ2v) is 5.98. The smallest absolute Gasteiger partial charge is 0.303 e. The van der Waals surface area contributed by atoms with Gasteiger partial charge in [-0.15, -0.1) is 12.3 Å². The third-order valence-electron chi connectivity index (χ3n) is 3.85. The highest BCUT2D eigenvalue weighted by atomic mass is 16.4. The summed E-state index contributed by atoms with van der Waals surface area (Å²) < 4.78 is 0. The molecule has 0 spiro atoms. The zero-order chi connectivity index (χ0) is 16.8. The van der Waals surface area contributed by atoms with E-state index in [0.717, 1.165) is 44.9 Å². The van der Waals surface area contributed by atoms with Gasteiger partial charge in [-0.3, -0.25) is 4.79 Å². The standard InChI is InChI=1S/C19H28N2O2/c1-2-16-19(20-21-19)17-14-12-10-8-6-4-3-5-7-9-11-13-15-18(22)23/h1,4,6,10,12H,3,5,7-9,11,13-17H2,(H,22,23)/b6-4-,12-10-. The summed E-state index contributed by atoms with van der Waals surface area (Å²) in [6, 6.07) is 0. The van der Waals surface area contributed by atoms with Gasteiger partial charge in [0.1, 0.15) is 0 Å². The second-order valence-electron chi connectivity index (χ2n) is 5.98. The average Bonchev–Trinajstić information content (AvgIpc) is 3.27. The Kier molecular flexibility index (Phi) is 9.70. The average molecular weight is 316 g/mol. The molecule has 0 amide bonds. The van der Waals surface area contributed by atoms with E-state index in [4.69, 9.17) is 11.5 Å². The first-order valence-corrected chi connectivity index (χ1v) is 8.58. The maximum Gasteiger partial charge on any atom is 0.303 e. The van der Waals surface area contributed by atoms with Gasteiger partial charge in [-0.05, 0) is 32.1 Å². The van der Waals surface area contributed by atoms with Gasteiger partial charge in [0.15, 0.2) is 0 Å². The molecule has 0 radical (unpaired) electrons. The number of carbonyl (C=O) groups is 1. The van der Waals surface area contributed by atoms with Crippen LogP contribution in [0.25, 0.3) is 0 Å². The number of rotatable bonds is 14. The maximum absolute atomic E-state index is 10.4. The molecule has 0 unspecified atom stereocenters. The molecule has 0 aromatic carbocycles. The van der Waals surface area contributed by atoms with Crippen molar-refractivity contribution < 1.29 is 9.90 Å². The van der Waals surface area contributed by atoms with Crippen molar-refractivity contribution in [3.63, 3.8) is 0 Å². The molecule has 0 bridgehead atoms. The highest BCUT2D eigenvalue weighted by Gasteiger charge is 2.37. The molecule has 0 aromatic heterocycles. The molecule has 1 aliphatic heterocycles. The highest BCUT2D eigenvalue weighted by Crippen LogP contribution is 2.36. The van der Waals surface area contributed by atoms with Crippen LogP contribution in [-0.4, -0.2) is 16.7 Å². The van der Waals surface area contributed by atoms with Crippen molar-refractivity contribution in [3.05, 3.63) is 24.3 Å². The molecular weight excluding hydrogens is 288 g/mol. The van der Waals surface area contributed by atoms with E-state index in [0.29, 0.717) is 12.8 Å². The van der Waals surface area contributed by atoms with Crippen LogP contribution < -0.4 is 0 Å². The Morgan fingerprint density at radius 1 is 1.00 bits per heavy atom. The van der Waals surface area contributed by atoms with E-state index >= 15 is 0 Å². The quantitative estimate of drug-likeness (QED) is 0.269. The van der Waals surface area contributed by atoms with Crippen molar-refractivity contribution in [2.75, 3.05) is 0 Å². The Bertz CT molecular complexity index is 466. The zero-order valence-corrected chi connectivity index (χ0v) is 13.9. The lowest BCUT2D eigenvalue weighted by atomic mass is 10.0. The number of aliphatic carboxylic acids is 1. The van der Waals surface area contributed by atoms with Crippen molar-refractivity contribution in [2.24, 2.45) is 10.2 Å². The Hall–Kier alpha value is -1.89. The lowest BCUT2D eigenvalue weighted by Gasteiger charge is -2.02. The van der Waals surface area contributed by atoms with E-state index in [1.54, 1.807) is 0 Å². The third kappa shape index (κ3) is 10.5. The molecular formula is C19H28N2O2. The number of allylic oxidation sites excluding steroid dienone is 4. The molecule has 0 saturated carbocycles. The molecule has 0 fully saturated rings. The molecule has 126 valence electrons. The van der Waals surface area contributed by atoms with Crippen molar-refractivity contribution >= 4 is 5.97 Å². The number of carboxylic acids is 1. The van der Waals surface area contributed by atoms with Gasteiger partial charge < -0.3 is 5.11 Å². The minimum absolute atomic E-state index is 0.251. The lowest BCUT2D eigenvalue weighted by Crippen LogP contribution is -2.08. The minimum atomic E-state index is -0.687. The largest absolute Gasteiger partial charge is 0.481 e. The summed E-state index contributed by atoms with van der Waals surface area (Å²) in [5, 5.41) is 16.6. The topological polar surface area (TPSA) is 62.0 Å². The summed E-state index contributed by atoms with van der Waals surface area (Å²) in [6.07, 6.45) is 24.3. The van der Waals surface area contributed by atoms with Crippen LogP contribution in [0.3, 0.4) is 0 Å². The van der Waals surface area contributed by atoms with Crippen LogP contribution in [0.4, 0.5) is 0 Å². The van der Waals surface area contributed by atoms with Crippen LogP contribution in [0.5, 0.6) is 0 Å². The molecule has 0 aromatic rings. The second kappa shape index (κ2) is 11.6. The maximum atomic E-state index is 10.4. The monoisotopic (exact) mass is 316 g/mol. The summed E-state index contributed by atoms with van der Waals surface area (Å²) in [5.41, 5.74) is -0.251. The van der Waals surface area contributed by atoms with Gasteiger partial charge in [0.05, 0.1) is 6.42 Å². The first-order valence-electron chi connectivity index (χ1n) is 8.58. The van der Waals surface area contributed by atoms with Crippen molar-refractivity contribution in [1.29, 1.82) is 0 Å². The van der Waals surface area contributed by atoms with Crippen molar-refractivity contribution in [2.45, 2.75) is 76.3 Å². The van der Waals surface area contributed by atoms with Crippen LogP contribution in [0, 0.1) is 12.3 Å². The molecule has 1 aliphatic rings. The van der Waals surface area contributed by atoms with E-state index in [-0.39, 0.29) is 5.66 Å².